The summed E-state index contributed by atoms with van der Waals surface area (Å²) in [5.74, 6) is -1.03. The van der Waals surface area contributed by atoms with E-state index in [1.54, 1.807) is 35.3 Å². The molecule has 2 aromatic heterocycles. The van der Waals surface area contributed by atoms with Crippen LogP contribution in [-0.2, 0) is 6.54 Å². The average Bonchev–Trinajstić information content (AvgIpc) is 2.93. The van der Waals surface area contributed by atoms with Crippen molar-refractivity contribution in [3.05, 3.63) is 72.2 Å². The number of nitrogens with zero attached hydrogens (tertiary/aromatic N) is 3. The van der Waals surface area contributed by atoms with Crippen LogP contribution < -0.4 is 0 Å². The highest BCUT2D eigenvalue weighted by atomic mass is 19.1. The number of hydrogen-bond donors (Lipinski definition) is 0. The maximum Gasteiger partial charge on any atom is 0.149 e. The van der Waals surface area contributed by atoms with Gasteiger partial charge >= 0.3 is 0 Å². The molecular formula is C15H11F2N3. The van der Waals surface area contributed by atoms with E-state index in [2.05, 4.69) is 10.1 Å². The second-order valence-corrected chi connectivity index (χ2v) is 4.36. The summed E-state index contributed by atoms with van der Waals surface area (Å²) in [6.07, 6.45) is 4.96. The van der Waals surface area contributed by atoms with Crippen LogP contribution in [0.15, 0.2) is 55.0 Å². The van der Waals surface area contributed by atoms with Gasteiger partial charge in [0.15, 0.2) is 0 Å². The van der Waals surface area contributed by atoms with E-state index >= 15 is 0 Å². The fourth-order valence-electron chi connectivity index (χ4n) is 2.00. The van der Waals surface area contributed by atoms with Crippen molar-refractivity contribution in [3.63, 3.8) is 0 Å². The van der Waals surface area contributed by atoms with Crippen LogP contribution in [0.25, 0.3) is 11.3 Å². The Bertz CT molecular complexity index is 724. The van der Waals surface area contributed by atoms with Crippen molar-refractivity contribution in [2.24, 2.45) is 0 Å². The lowest BCUT2D eigenvalue weighted by atomic mass is 10.1. The lowest BCUT2D eigenvalue weighted by Gasteiger charge is -2.06. The van der Waals surface area contributed by atoms with Gasteiger partial charge in [0, 0.05) is 24.2 Å². The van der Waals surface area contributed by atoms with Crippen LogP contribution in [0.2, 0.25) is 0 Å². The van der Waals surface area contributed by atoms with Crippen molar-refractivity contribution < 1.29 is 8.78 Å². The summed E-state index contributed by atoms with van der Waals surface area (Å²) >= 11 is 0. The van der Waals surface area contributed by atoms with Crippen LogP contribution in [0.3, 0.4) is 0 Å². The molecule has 1 aromatic carbocycles. The summed E-state index contributed by atoms with van der Waals surface area (Å²) in [7, 11) is 0. The van der Waals surface area contributed by atoms with Gasteiger partial charge in [0.2, 0.25) is 0 Å². The molecule has 100 valence electrons. The second-order valence-electron chi connectivity index (χ2n) is 4.36. The number of halogens is 2. The molecule has 0 bridgehead atoms. The zero-order valence-corrected chi connectivity index (χ0v) is 10.5. The molecule has 0 saturated heterocycles. The van der Waals surface area contributed by atoms with E-state index in [1.165, 1.54) is 24.4 Å². The van der Waals surface area contributed by atoms with E-state index < -0.39 is 11.6 Å². The standard InChI is InChI=1S/C15H11F2N3/c16-13-5-2-1-4-12(13)15-14(17)8-11(9-18-15)10-20-7-3-6-19-20/h1-9H,10H2. The van der Waals surface area contributed by atoms with E-state index in [0.29, 0.717) is 12.1 Å². The number of aromatic nitrogens is 3. The molecule has 0 radical (unpaired) electrons. The molecular weight excluding hydrogens is 260 g/mol. The highest BCUT2D eigenvalue weighted by molar-refractivity contribution is 5.60. The molecule has 0 amide bonds. The number of rotatable bonds is 3. The van der Waals surface area contributed by atoms with Gasteiger partial charge in [-0.2, -0.15) is 5.10 Å². The molecule has 3 nitrogen and oxygen atoms in total. The lowest BCUT2D eigenvalue weighted by molar-refractivity contribution is 0.605. The van der Waals surface area contributed by atoms with Crippen molar-refractivity contribution in [1.82, 2.24) is 14.8 Å². The molecule has 5 heteroatoms. The lowest BCUT2D eigenvalue weighted by Crippen LogP contribution is -2.02. The van der Waals surface area contributed by atoms with Crippen LogP contribution in [0.4, 0.5) is 8.78 Å². The second kappa shape index (κ2) is 5.21. The van der Waals surface area contributed by atoms with Crippen LogP contribution in [0, 0.1) is 11.6 Å². The zero-order chi connectivity index (χ0) is 13.9. The van der Waals surface area contributed by atoms with E-state index in [9.17, 15) is 8.78 Å². The average molecular weight is 271 g/mol. The van der Waals surface area contributed by atoms with E-state index in [1.807, 2.05) is 0 Å². The predicted molar refractivity (Wildman–Crippen MR) is 70.9 cm³/mol. The Kier molecular flexibility index (Phi) is 3.25. The largest absolute Gasteiger partial charge is 0.268 e. The molecule has 0 aliphatic heterocycles. The minimum Gasteiger partial charge on any atom is -0.268 e. The molecule has 0 fully saturated rings. The van der Waals surface area contributed by atoms with Crippen LogP contribution in [0.5, 0.6) is 0 Å². The third-order valence-electron chi connectivity index (χ3n) is 2.93. The van der Waals surface area contributed by atoms with Gasteiger partial charge in [-0.15, -0.1) is 0 Å². The highest BCUT2D eigenvalue weighted by Gasteiger charge is 2.12. The maximum absolute atomic E-state index is 14.1. The van der Waals surface area contributed by atoms with Gasteiger partial charge in [-0.1, -0.05) is 12.1 Å². The maximum atomic E-state index is 14.1. The fraction of sp³-hybridized carbons (Fsp3) is 0.0667. The minimum absolute atomic E-state index is 0.0207. The molecule has 0 N–H and O–H groups in total. The van der Waals surface area contributed by atoms with E-state index in [-0.39, 0.29) is 11.3 Å². The molecule has 0 aliphatic rings. The van der Waals surface area contributed by atoms with Crippen LogP contribution >= 0.6 is 0 Å². The molecule has 0 saturated carbocycles. The van der Waals surface area contributed by atoms with Crippen molar-refractivity contribution >= 4 is 0 Å². The molecule has 20 heavy (non-hydrogen) atoms. The first-order valence-electron chi connectivity index (χ1n) is 6.11. The first kappa shape index (κ1) is 12.5. The molecule has 2 heterocycles. The van der Waals surface area contributed by atoms with E-state index in [0.717, 1.165) is 0 Å². The molecule has 3 rings (SSSR count). The van der Waals surface area contributed by atoms with Gasteiger partial charge in [0.05, 0.1) is 6.54 Å². The summed E-state index contributed by atoms with van der Waals surface area (Å²) in [6, 6.07) is 9.15. The first-order valence-corrected chi connectivity index (χ1v) is 6.11. The third-order valence-corrected chi connectivity index (χ3v) is 2.93. The number of pyridine rings is 1. The molecule has 0 atom stereocenters. The molecule has 0 spiro atoms. The van der Waals surface area contributed by atoms with Crippen molar-refractivity contribution in [1.29, 1.82) is 0 Å². The third kappa shape index (κ3) is 2.42. The Morgan fingerprint density at radius 3 is 2.60 bits per heavy atom. The normalized spacial score (nSPS) is 10.7. The fourth-order valence-corrected chi connectivity index (χ4v) is 2.00. The Morgan fingerprint density at radius 1 is 1.05 bits per heavy atom. The summed E-state index contributed by atoms with van der Waals surface area (Å²) in [4.78, 5) is 4.03. The summed E-state index contributed by atoms with van der Waals surface area (Å²) in [5.41, 5.74) is 0.856. The smallest absolute Gasteiger partial charge is 0.149 e. The summed E-state index contributed by atoms with van der Waals surface area (Å²) < 4.78 is 29.4. The molecule has 0 aliphatic carbocycles. The van der Waals surface area contributed by atoms with Crippen LogP contribution in [-0.4, -0.2) is 14.8 Å². The van der Waals surface area contributed by atoms with E-state index in [4.69, 9.17) is 0 Å². The Morgan fingerprint density at radius 2 is 1.90 bits per heavy atom. The van der Waals surface area contributed by atoms with Crippen molar-refractivity contribution in [3.8, 4) is 11.3 Å². The Balaban J connectivity index is 1.94. The predicted octanol–water partition coefficient (Wildman–Crippen LogP) is 3.27. The Hall–Kier alpha value is -2.56. The topological polar surface area (TPSA) is 30.7 Å². The minimum atomic E-state index is -0.542. The van der Waals surface area contributed by atoms with Crippen LogP contribution in [0.1, 0.15) is 5.56 Å². The highest BCUT2D eigenvalue weighted by Crippen LogP contribution is 2.23. The molecule has 3 aromatic rings. The first-order chi connectivity index (χ1) is 9.74. The van der Waals surface area contributed by atoms with Gasteiger partial charge in [-0.05, 0) is 29.8 Å². The molecule has 0 unspecified atom stereocenters. The number of benzene rings is 1. The number of hydrogen-bond acceptors (Lipinski definition) is 2. The SMILES string of the molecule is Fc1ccccc1-c1ncc(Cn2cccn2)cc1F. The Labute approximate surface area is 114 Å². The quantitative estimate of drug-likeness (QED) is 0.732. The van der Waals surface area contributed by atoms with Gasteiger partial charge in [0.1, 0.15) is 17.3 Å². The van der Waals surface area contributed by atoms with Crippen molar-refractivity contribution in [2.45, 2.75) is 6.54 Å². The summed E-state index contributed by atoms with van der Waals surface area (Å²) in [5, 5.41) is 4.04. The van der Waals surface area contributed by atoms with Gasteiger partial charge in [-0.25, -0.2) is 8.78 Å². The van der Waals surface area contributed by atoms with Gasteiger partial charge < -0.3 is 0 Å². The van der Waals surface area contributed by atoms with Gasteiger partial charge in [0.25, 0.3) is 0 Å². The zero-order valence-electron chi connectivity index (χ0n) is 10.5. The van der Waals surface area contributed by atoms with Crippen molar-refractivity contribution in [2.75, 3.05) is 0 Å². The van der Waals surface area contributed by atoms with Gasteiger partial charge in [-0.3, -0.25) is 9.67 Å². The monoisotopic (exact) mass is 271 g/mol. The summed E-state index contributed by atoms with van der Waals surface area (Å²) in [6.45, 7) is 0.425.